The first-order valence-corrected chi connectivity index (χ1v) is 7.07. The van der Waals surface area contributed by atoms with Gasteiger partial charge in [0.05, 0.1) is 0 Å². The number of hydrogen-bond acceptors (Lipinski definition) is 0. The molecule has 0 aromatic heterocycles. The van der Waals surface area contributed by atoms with Crippen molar-refractivity contribution in [1.29, 1.82) is 0 Å². The van der Waals surface area contributed by atoms with Crippen molar-refractivity contribution >= 4 is 40.4 Å². The SMILES string of the molecule is O.O.O.[Cl][Mn]([Cl])([Cl])[Cl]. The second-order valence-electron chi connectivity index (χ2n) is 0.324. The summed E-state index contributed by atoms with van der Waals surface area (Å²) >= 11 is 0. The van der Waals surface area contributed by atoms with E-state index in [9.17, 15) is 0 Å². The molecule has 8 heavy (non-hydrogen) atoms. The molecule has 0 atom stereocenters. The quantitative estimate of drug-likeness (QED) is 0.553. The molecule has 3 nitrogen and oxygen atoms in total. The standard InChI is InChI=1S/4ClH.Mn.3H2O/h4*1H;;3*1H2/q;;;;+4;;;/p-4. The summed E-state index contributed by atoms with van der Waals surface area (Å²) < 4.78 is 0. The van der Waals surface area contributed by atoms with Crippen molar-refractivity contribution in [2.24, 2.45) is 0 Å². The number of halogens is 4. The molecule has 0 spiro atoms. The van der Waals surface area contributed by atoms with Gasteiger partial charge in [-0.1, -0.05) is 0 Å². The van der Waals surface area contributed by atoms with Crippen molar-refractivity contribution in [3.63, 3.8) is 0 Å². The van der Waals surface area contributed by atoms with Crippen LogP contribution in [0.15, 0.2) is 0 Å². The zero-order chi connectivity index (χ0) is 4.50. The van der Waals surface area contributed by atoms with Crippen molar-refractivity contribution in [2.75, 3.05) is 0 Å². The molecule has 0 aliphatic rings. The zero-order valence-electron chi connectivity index (χ0n) is 3.39. The molecular weight excluding hydrogens is 245 g/mol. The summed E-state index contributed by atoms with van der Waals surface area (Å²) in [5, 5.41) is 0. The molecule has 0 rings (SSSR count). The first-order valence-electron chi connectivity index (χ1n) is 0.571. The minimum absolute atomic E-state index is 0. The molecule has 0 heterocycles. The summed E-state index contributed by atoms with van der Waals surface area (Å²) in [6, 6.07) is 0. The average Bonchev–Trinajstić information content (AvgIpc) is 0.722. The van der Waals surface area contributed by atoms with Gasteiger partial charge in [-0.15, -0.1) is 0 Å². The van der Waals surface area contributed by atoms with Crippen molar-refractivity contribution in [3.8, 4) is 0 Å². The molecule has 6 N–H and O–H groups in total. The van der Waals surface area contributed by atoms with Gasteiger partial charge in [-0.3, -0.25) is 0 Å². The van der Waals surface area contributed by atoms with Gasteiger partial charge in [-0.25, -0.2) is 0 Å². The average molecular weight is 251 g/mol. The van der Waals surface area contributed by atoms with Crippen molar-refractivity contribution < 1.29 is 25.6 Å². The summed E-state index contributed by atoms with van der Waals surface area (Å²) in [7, 11) is 17.1. The van der Waals surface area contributed by atoms with E-state index in [1.807, 2.05) is 0 Å². The van der Waals surface area contributed by atoms with Crippen LogP contribution in [-0.2, 0) is 9.20 Å². The van der Waals surface area contributed by atoms with Crippen LogP contribution in [0.25, 0.3) is 0 Å². The molecule has 0 aromatic rings. The number of hydrogen-bond donors (Lipinski definition) is 0. The third-order valence-electron chi connectivity index (χ3n) is 0. The molecule has 0 radical (unpaired) electrons. The summed E-state index contributed by atoms with van der Waals surface area (Å²) in [6.07, 6.45) is 0. The topological polar surface area (TPSA) is 94.5 Å². The first kappa shape index (κ1) is 22.7. The van der Waals surface area contributed by atoms with Crippen molar-refractivity contribution in [1.82, 2.24) is 0 Å². The van der Waals surface area contributed by atoms with E-state index in [4.69, 9.17) is 40.4 Å². The van der Waals surface area contributed by atoms with Gasteiger partial charge in [0, 0.05) is 0 Å². The molecule has 0 aliphatic heterocycles. The van der Waals surface area contributed by atoms with Gasteiger partial charge in [0.1, 0.15) is 0 Å². The summed E-state index contributed by atoms with van der Waals surface area (Å²) in [5.74, 6) is 0. The van der Waals surface area contributed by atoms with Gasteiger partial charge >= 0.3 is 49.6 Å². The monoisotopic (exact) mass is 249 g/mol. The van der Waals surface area contributed by atoms with Crippen LogP contribution >= 0.6 is 40.4 Å². The first-order chi connectivity index (χ1) is 2.00. The van der Waals surface area contributed by atoms with Crippen LogP contribution < -0.4 is 0 Å². The van der Waals surface area contributed by atoms with Crippen LogP contribution in [0.2, 0.25) is 0 Å². The summed E-state index contributed by atoms with van der Waals surface area (Å²) in [6.45, 7) is 0. The third kappa shape index (κ3) is 134. The Morgan fingerprint density at radius 3 is 0.625 bits per heavy atom. The second-order valence-corrected chi connectivity index (χ2v) is 12.0. The van der Waals surface area contributed by atoms with E-state index in [-0.39, 0.29) is 16.4 Å². The predicted octanol–water partition coefficient (Wildman–Crippen LogP) is 0.281. The zero-order valence-corrected chi connectivity index (χ0v) is 7.59. The van der Waals surface area contributed by atoms with Crippen molar-refractivity contribution in [3.05, 3.63) is 0 Å². The Kier molecular flexibility index (Phi) is 24.2. The van der Waals surface area contributed by atoms with Gasteiger partial charge in [-0.2, -0.15) is 0 Å². The Labute approximate surface area is 65.9 Å². The Balaban J connectivity index is -0.0000000267. The molecule has 0 fully saturated rings. The fourth-order valence-electron chi connectivity index (χ4n) is 0. The van der Waals surface area contributed by atoms with E-state index in [1.165, 1.54) is 0 Å². The summed E-state index contributed by atoms with van der Waals surface area (Å²) in [5.41, 5.74) is 0. The second kappa shape index (κ2) is 8.56. The van der Waals surface area contributed by atoms with Crippen LogP contribution in [0.4, 0.5) is 0 Å². The predicted molar refractivity (Wildman–Crippen MR) is 34.3 cm³/mol. The Hall–Kier alpha value is 1.56. The van der Waals surface area contributed by atoms with Crippen LogP contribution in [0.3, 0.4) is 0 Å². The van der Waals surface area contributed by atoms with Gasteiger partial charge < -0.3 is 16.4 Å². The van der Waals surface area contributed by atoms with E-state index in [0.717, 1.165) is 0 Å². The Morgan fingerprint density at radius 1 is 0.625 bits per heavy atom. The molecule has 0 saturated carbocycles. The van der Waals surface area contributed by atoms with Gasteiger partial charge in [-0.05, 0) is 0 Å². The summed E-state index contributed by atoms with van der Waals surface area (Å²) in [4.78, 5) is 0. The van der Waals surface area contributed by atoms with Gasteiger partial charge in [0.15, 0.2) is 0 Å². The normalized spacial score (nSPS) is 9.50. The molecule has 0 saturated heterocycles. The number of rotatable bonds is 0. The molecular formula is H6Cl4MnO3. The van der Waals surface area contributed by atoms with Crippen LogP contribution in [-0.4, -0.2) is 16.4 Å². The third-order valence-corrected chi connectivity index (χ3v) is 0. The molecule has 0 aliphatic carbocycles. The maximum atomic E-state index is 4.97. The van der Waals surface area contributed by atoms with E-state index >= 15 is 0 Å². The van der Waals surface area contributed by atoms with Gasteiger partial charge in [0.2, 0.25) is 0 Å². The van der Waals surface area contributed by atoms with Crippen LogP contribution in [0, 0.1) is 0 Å². The molecule has 8 heteroatoms. The van der Waals surface area contributed by atoms with E-state index in [1.54, 1.807) is 0 Å². The van der Waals surface area contributed by atoms with Crippen LogP contribution in [0.5, 0.6) is 0 Å². The molecule has 0 aromatic carbocycles. The molecule has 0 unspecified atom stereocenters. The van der Waals surface area contributed by atoms with Gasteiger partial charge in [0.25, 0.3) is 0 Å². The fourth-order valence-corrected chi connectivity index (χ4v) is 0. The van der Waals surface area contributed by atoms with Crippen LogP contribution in [0.1, 0.15) is 0 Å². The fraction of sp³-hybridized carbons (Fsp3) is 0. The maximum absolute atomic E-state index is 4.97. The minimum atomic E-state index is -2.74. The molecule has 0 amide bonds. The van der Waals surface area contributed by atoms with E-state index in [0.29, 0.717) is 0 Å². The van der Waals surface area contributed by atoms with Crippen molar-refractivity contribution in [2.45, 2.75) is 0 Å². The molecule has 0 bridgehead atoms. The van der Waals surface area contributed by atoms with E-state index < -0.39 is 9.20 Å². The Morgan fingerprint density at radius 2 is 0.625 bits per heavy atom. The van der Waals surface area contributed by atoms with E-state index in [2.05, 4.69) is 0 Å². The molecule has 59 valence electrons. The Bertz CT molecular complexity index is 26.8.